The molecule has 0 radical (unpaired) electrons. The molecular formula is C13H17BrN2O2. The average Bonchev–Trinajstić information content (AvgIpc) is 2.38. The smallest absolute Gasteiger partial charge is 0.255 e. The third-order valence-corrected chi connectivity index (χ3v) is 3.84. The molecule has 1 saturated heterocycles. The molecule has 5 heteroatoms. The molecule has 1 aliphatic rings. The van der Waals surface area contributed by atoms with E-state index in [0.717, 1.165) is 23.9 Å². The van der Waals surface area contributed by atoms with Crippen LogP contribution in [0.15, 0.2) is 22.7 Å². The van der Waals surface area contributed by atoms with Gasteiger partial charge in [-0.15, -0.1) is 0 Å². The molecule has 98 valence electrons. The van der Waals surface area contributed by atoms with E-state index in [1.807, 2.05) is 17.0 Å². The van der Waals surface area contributed by atoms with E-state index >= 15 is 0 Å². The summed E-state index contributed by atoms with van der Waals surface area (Å²) in [5.41, 5.74) is 6.53. The lowest BCUT2D eigenvalue weighted by Crippen LogP contribution is -2.45. The van der Waals surface area contributed by atoms with Gasteiger partial charge < -0.3 is 15.4 Å². The van der Waals surface area contributed by atoms with Gasteiger partial charge >= 0.3 is 0 Å². The standard InChI is InChI=1S/C13H17BrN2O2/c1-18-10-4-5-12(14)11(7-10)13(17)16-6-2-3-9(15)8-16/h4-5,7,9H,2-3,6,8,15H2,1H3. The molecule has 1 aliphatic heterocycles. The number of nitrogens with zero attached hydrogens (tertiary/aromatic N) is 1. The van der Waals surface area contributed by atoms with Gasteiger partial charge in [0, 0.05) is 23.6 Å². The first-order chi connectivity index (χ1) is 8.61. The summed E-state index contributed by atoms with van der Waals surface area (Å²) in [5, 5.41) is 0. The zero-order chi connectivity index (χ0) is 13.1. The largest absolute Gasteiger partial charge is 0.497 e. The quantitative estimate of drug-likeness (QED) is 0.909. The highest BCUT2D eigenvalue weighted by Crippen LogP contribution is 2.24. The molecule has 4 nitrogen and oxygen atoms in total. The molecule has 1 fully saturated rings. The van der Waals surface area contributed by atoms with Gasteiger partial charge in [0.1, 0.15) is 5.75 Å². The van der Waals surface area contributed by atoms with Crippen molar-refractivity contribution in [3.05, 3.63) is 28.2 Å². The summed E-state index contributed by atoms with van der Waals surface area (Å²) in [6, 6.07) is 5.50. The Morgan fingerprint density at radius 1 is 1.56 bits per heavy atom. The Morgan fingerprint density at radius 3 is 3.00 bits per heavy atom. The van der Waals surface area contributed by atoms with Gasteiger partial charge in [0.2, 0.25) is 0 Å². The number of hydrogen-bond acceptors (Lipinski definition) is 3. The SMILES string of the molecule is COc1ccc(Br)c(C(=O)N2CCCC(N)C2)c1. The van der Waals surface area contributed by atoms with Crippen molar-refractivity contribution in [1.82, 2.24) is 4.90 Å². The van der Waals surface area contributed by atoms with Crippen molar-refractivity contribution in [1.29, 1.82) is 0 Å². The van der Waals surface area contributed by atoms with Crippen molar-refractivity contribution in [3.8, 4) is 5.75 Å². The van der Waals surface area contributed by atoms with Gasteiger partial charge in [0.25, 0.3) is 5.91 Å². The van der Waals surface area contributed by atoms with E-state index in [9.17, 15) is 4.79 Å². The maximum absolute atomic E-state index is 12.4. The Hall–Kier alpha value is -1.07. The number of hydrogen-bond donors (Lipinski definition) is 1. The van der Waals surface area contributed by atoms with Crippen LogP contribution in [0.3, 0.4) is 0 Å². The number of carbonyl (C=O) groups excluding carboxylic acids is 1. The molecule has 2 rings (SSSR count). The minimum absolute atomic E-state index is 0.0101. The molecule has 0 saturated carbocycles. The van der Waals surface area contributed by atoms with E-state index in [1.54, 1.807) is 13.2 Å². The second-order valence-electron chi connectivity index (χ2n) is 4.50. The molecule has 0 spiro atoms. The highest BCUT2D eigenvalue weighted by atomic mass is 79.9. The van der Waals surface area contributed by atoms with Crippen LogP contribution in [0.2, 0.25) is 0 Å². The monoisotopic (exact) mass is 312 g/mol. The number of likely N-dealkylation sites (tertiary alicyclic amines) is 1. The predicted octanol–water partition coefficient (Wildman–Crippen LogP) is 2.02. The number of halogens is 1. The molecule has 1 aromatic carbocycles. The van der Waals surface area contributed by atoms with Crippen molar-refractivity contribution in [3.63, 3.8) is 0 Å². The molecule has 1 atom stereocenters. The van der Waals surface area contributed by atoms with Crippen LogP contribution in [0.25, 0.3) is 0 Å². The van der Waals surface area contributed by atoms with E-state index < -0.39 is 0 Å². The van der Waals surface area contributed by atoms with Gasteiger partial charge in [-0.3, -0.25) is 4.79 Å². The van der Waals surface area contributed by atoms with Crippen LogP contribution in [0.4, 0.5) is 0 Å². The van der Waals surface area contributed by atoms with Gasteiger partial charge in [0.05, 0.1) is 12.7 Å². The number of rotatable bonds is 2. The second-order valence-corrected chi connectivity index (χ2v) is 5.35. The van der Waals surface area contributed by atoms with Gasteiger partial charge in [-0.05, 0) is 47.0 Å². The summed E-state index contributed by atoms with van der Waals surface area (Å²) < 4.78 is 5.94. The first-order valence-corrected chi connectivity index (χ1v) is 6.79. The fourth-order valence-corrected chi connectivity index (χ4v) is 2.58. The van der Waals surface area contributed by atoms with Crippen LogP contribution in [0.5, 0.6) is 5.75 Å². The van der Waals surface area contributed by atoms with Crippen molar-refractivity contribution in [2.45, 2.75) is 18.9 Å². The third-order valence-electron chi connectivity index (χ3n) is 3.15. The lowest BCUT2D eigenvalue weighted by atomic mass is 10.1. The molecule has 1 unspecified atom stereocenters. The second kappa shape index (κ2) is 5.71. The molecule has 0 aromatic heterocycles. The van der Waals surface area contributed by atoms with E-state index in [1.165, 1.54) is 0 Å². The molecular weight excluding hydrogens is 296 g/mol. The number of ether oxygens (including phenoxy) is 1. The first-order valence-electron chi connectivity index (χ1n) is 6.00. The highest BCUT2D eigenvalue weighted by Gasteiger charge is 2.23. The molecule has 1 aromatic rings. The van der Waals surface area contributed by atoms with Crippen LogP contribution >= 0.6 is 15.9 Å². The summed E-state index contributed by atoms with van der Waals surface area (Å²) in [5.74, 6) is 0.693. The predicted molar refractivity (Wildman–Crippen MR) is 73.8 cm³/mol. The molecule has 1 amide bonds. The van der Waals surface area contributed by atoms with E-state index in [4.69, 9.17) is 10.5 Å². The Morgan fingerprint density at radius 2 is 2.33 bits per heavy atom. The number of benzene rings is 1. The van der Waals surface area contributed by atoms with Gasteiger partial charge in [-0.25, -0.2) is 0 Å². The number of piperidine rings is 1. The number of carbonyl (C=O) groups is 1. The van der Waals surface area contributed by atoms with E-state index in [-0.39, 0.29) is 11.9 Å². The van der Waals surface area contributed by atoms with Gasteiger partial charge in [-0.1, -0.05) is 0 Å². The Labute approximate surface area is 115 Å². The van der Waals surface area contributed by atoms with Crippen molar-refractivity contribution < 1.29 is 9.53 Å². The normalized spacial score (nSPS) is 19.7. The van der Waals surface area contributed by atoms with Gasteiger partial charge in [-0.2, -0.15) is 0 Å². The fourth-order valence-electron chi connectivity index (χ4n) is 2.16. The summed E-state index contributed by atoms with van der Waals surface area (Å²) in [4.78, 5) is 14.2. The summed E-state index contributed by atoms with van der Waals surface area (Å²) in [6.45, 7) is 1.40. The van der Waals surface area contributed by atoms with Crippen LogP contribution in [-0.2, 0) is 0 Å². The maximum atomic E-state index is 12.4. The van der Waals surface area contributed by atoms with Crippen molar-refractivity contribution >= 4 is 21.8 Å². The van der Waals surface area contributed by atoms with Crippen molar-refractivity contribution in [2.24, 2.45) is 5.73 Å². The molecule has 0 aliphatic carbocycles. The Kier molecular flexibility index (Phi) is 4.24. The number of nitrogens with two attached hydrogens (primary N) is 1. The van der Waals surface area contributed by atoms with E-state index in [2.05, 4.69) is 15.9 Å². The van der Waals surface area contributed by atoms with Crippen LogP contribution < -0.4 is 10.5 Å². The minimum Gasteiger partial charge on any atom is -0.497 e. The topological polar surface area (TPSA) is 55.6 Å². The van der Waals surface area contributed by atoms with E-state index in [0.29, 0.717) is 17.9 Å². The van der Waals surface area contributed by atoms with Crippen LogP contribution in [0, 0.1) is 0 Å². The average molecular weight is 313 g/mol. The third kappa shape index (κ3) is 2.84. The number of amides is 1. The lowest BCUT2D eigenvalue weighted by Gasteiger charge is -2.31. The highest BCUT2D eigenvalue weighted by molar-refractivity contribution is 9.10. The lowest BCUT2D eigenvalue weighted by molar-refractivity contribution is 0.0707. The van der Waals surface area contributed by atoms with Crippen LogP contribution in [0.1, 0.15) is 23.2 Å². The zero-order valence-electron chi connectivity index (χ0n) is 10.4. The summed E-state index contributed by atoms with van der Waals surface area (Å²) in [7, 11) is 1.59. The minimum atomic E-state index is 0.0101. The Balaban J connectivity index is 2.22. The molecule has 2 N–H and O–H groups in total. The van der Waals surface area contributed by atoms with Crippen LogP contribution in [-0.4, -0.2) is 37.0 Å². The van der Waals surface area contributed by atoms with Gasteiger partial charge in [0.15, 0.2) is 0 Å². The number of methoxy groups -OCH3 is 1. The molecule has 18 heavy (non-hydrogen) atoms. The van der Waals surface area contributed by atoms with Crippen molar-refractivity contribution in [2.75, 3.05) is 20.2 Å². The maximum Gasteiger partial charge on any atom is 0.255 e. The fraction of sp³-hybridized carbons (Fsp3) is 0.462. The summed E-state index contributed by atoms with van der Waals surface area (Å²) >= 11 is 3.41. The Bertz CT molecular complexity index is 451. The zero-order valence-corrected chi connectivity index (χ0v) is 11.9. The summed E-state index contributed by atoms with van der Waals surface area (Å²) in [6.07, 6.45) is 1.96. The molecule has 1 heterocycles. The first kappa shape index (κ1) is 13.4. The molecule has 0 bridgehead atoms.